The lowest BCUT2D eigenvalue weighted by molar-refractivity contribution is -0.0574. The first kappa shape index (κ1) is 20.0. The normalized spacial score (nSPS) is 16.0. The number of alkyl halides is 4. The molecule has 2 rings (SSSR count). The number of hydrogen-bond acceptors (Lipinski definition) is 4. The molecule has 1 heterocycles. The molecule has 0 aliphatic heterocycles. The van der Waals surface area contributed by atoms with Crippen molar-refractivity contribution in [2.45, 2.75) is 30.6 Å². The van der Waals surface area contributed by atoms with Gasteiger partial charge in [-0.25, -0.2) is 13.8 Å². The maximum Gasteiger partial charge on any atom is 0.353 e. The molecule has 2 unspecified atom stereocenters. The van der Waals surface area contributed by atoms with E-state index in [1.54, 1.807) is 24.3 Å². The van der Waals surface area contributed by atoms with E-state index < -0.39 is 23.2 Å². The maximum absolute atomic E-state index is 13.2. The first-order chi connectivity index (χ1) is 11.6. The molecule has 2 N–H and O–H groups in total. The molecule has 25 heavy (non-hydrogen) atoms. The van der Waals surface area contributed by atoms with E-state index in [-0.39, 0.29) is 29.8 Å². The van der Waals surface area contributed by atoms with Crippen molar-refractivity contribution in [3.63, 3.8) is 0 Å². The molecular formula is C15H16ClF4N3OS. The zero-order chi connectivity index (χ0) is 18.7. The van der Waals surface area contributed by atoms with Crippen molar-refractivity contribution in [3.8, 4) is 0 Å². The summed E-state index contributed by atoms with van der Waals surface area (Å²) >= 11 is 5.66. The second-order valence-corrected chi connectivity index (χ2v) is 7.20. The van der Waals surface area contributed by atoms with E-state index in [4.69, 9.17) is 11.6 Å². The third-order valence-corrected chi connectivity index (χ3v) is 5.31. The SMILES string of the molecule is CC(CSC(F)(F)C(F)F)C(O)(Cc1nc[nH]n1)c1ccc(Cl)cc1. The van der Waals surface area contributed by atoms with Crippen molar-refractivity contribution in [2.75, 3.05) is 5.75 Å². The van der Waals surface area contributed by atoms with Crippen LogP contribution in [0, 0.1) is 5.92 Å². The van der Waals surface area contributed by atoms with Crippen LogP contribution in [0.5, 0.6) is 0 Å². The summed E-state index contributed by atoms with van der Waals surface area (Å²) in [6.07, 6.45) is -2.52. The smallest absolute Gasteiger partial charge is 0.353 e. The zero-order valence-electron chi connectivity index (χ0n) is 13.1. The van der Waals surface area contributed by atoms with Crippen LogP contribution in [0.1, 0.15) is 18.3 Å². The van der Waals surface area contributed by atoms with Gasteiger partial charge >= 0.3 is 11.7 Å². The molecule has 2 aromatic rings. The summed E-state index contributed by atoms with van der Waals surface area (Å²) in [6.45, 7) is 1.51. The van der Waals surface area contributed by atoms with E-state index in [9.17, 15) is 22.7 Å². The quantitative estimate of drug-likeness (QED) is 0.658. The van der Waals surface area contributed by atoms with Gasteiger partial charge < -0.3 is 5.11 Å². The number of H-pyrrole nitrogens is 1. The molecule has 0 aliphatic carbocycles. The molecule has 4 nitrogen and oxygen atoms in total. The topological polar surface area (TPSA) is 61.8 Å². The van der Waals surface area contributed by atoms with E-state index in [1.165, 1.54) is 13.3 Å². The summed E-state index contributed by atoms with van der Waals surface area (Å²) in [4.78, 5) is 3.94. The van der Waals surface area contributed by atoms with Gasteiger partial charge in [-0.15, -0.1) is 0 Å². The summed E-state index contributed by atoms with van der Waals surface area (Å²) in [5.41, 5.74) is -1.21. The van der Waals surface area contributed by atoms with E-state index in [2.05, 4.69) is 15.2 Å². The van der Waals surface area contributed by atoms with Crippen molar-refractivity contribution in [3.05, 3.63) is 47.0 Å². The lowest BCUT2D eigenvalue weighted by Crippen LogP contribution is -2.38. The molecule has 10 heteroatoms. The van der Waals surface area contributed by atoms with E-state index in [0.717, 1.165) is 0 Å². The number of nitrogens with one attached hydrogen (secondary N) is 1. The molecule has 0 fully saturated rings. The van der Waals surface area contributed by atoms with Gasteiger partial charge in [0.25, 0.3) is 0 Å². The maximum atomic E-state index is 13.2. The molecule has 1 aromatic heterocycles. The van der Waals surface area contributed by atoms with Crippen LogP contribution in [0.3, 0.4) is 0 Å². The number of hydrogen-bond donors (Lipinski definition) is 2. The van der Waals surface area contributed by atoms with Gasteiger partial charge in [0.1, 0.15) is 11.9 Å². The van der Waals surface area contributed by atoms with Gasteiger partial charge in [-0.2, -0.15) is 13.9 Å². The Morgan fingerprint density at radius 2 is 1.92 bits per heavy atom. The highest BCUT2D eigenvalue weighted by molar-refractivity contribution is 8.00. The van der Waals surface area contributed by atoms with E-state index in [1.807, 2.05) is 0 Å². The van der Waals surface area contributed by atoms with Gasteiger partial charge in [-0.1, -0.05) is 42.4 Å². The standard InChI is InChI=1S/C15H16ClF4N3OS/c1-9(7-25-15(19,20)13(17)18)14(24,6-12-21-8-22-23-12)10-2-4-11(16)5-3-10/h2-5,8-9,13,24H,6-7H2,1H3,(H,21,22,23). The highest BCUT2D eigenvalue weighted by atomic mass is 35.5. The largest absolute Gasteiger partial charge is 0.384 e. The average molecular weight is 398 g/mol. The molecule has 138 valence electrons. The van der Waals surface area contributed by atoms with Gasteiger partial charge in [0, 0.05) is 17.2 Å². The summed E-state index contributed by atoms with van der Waals surface area (Å²) in [5.74, 6) is -0.905. The number of benzene rings is 1. The van der Waals surface area contributed by atoms with Crippen LogP contribution in [0.15, 0.2) is 30.6 Å². The highest BCUT2D eigenvalue weighted by Crippen LogP contribution is 2.41. The van der Waals surface area contributed by atoms with Crippen LogP contribution in [-0.2, 0) is 12.0 Å². The van der Waals surface area contributed by atoms with E-state index in [0.29, 0.717) is 10.6 Å². The van der Waals surface area contributed by atoms with Gasteiger partial charge in [0.15, 0.2) is 5.82 Å². The first-order valence-corrected chi connectivity index (χ1v) is 8.64. The van der Waals surface area contributed by atoms with Crippen LogP contribution < -0.4 is 0 Å². The minimum absolute atomic E-state index is 0.0693. The Labute approximate surface area is 151 Å². The fourth-order valence-corrected chi connectivity index (χ4v) is 3.30. The van der Waals surface area contributed by atoms with Crippen molar-refractivity contribution < 1.29 is 22.7 Å². The number of rotatable bonds is 8. The number of nitrogens with zero attached hydrogens (tertiary/aromatic N) is 2. The predicted octanol–water partition coefficient (Wildman–Crippen LogP) is 4.12. The Morgan fingerprint density at radius 3 is 2.44 bits per heavy atom. The number of aromatic nitrogens is 3. The molecule has 0 saturated carbocycles. The Bertz CT molecular complexity index is 672. The molecule has 0 aliphatic rings. The number of aliphatic hydroxyl groups is 1. The van der Waals surface area contributed by atoms with Gasteiger partial charge in [0.05, 0.1) is 0 Å². The minimum atomic E-state index is -4.18. The molecule has 0 bridgehead atoms. The molecular weight excluding hydrogens is 382 g/mol. The average Bonchev–Trinajstić information content (AvgIpc) is 3.05. The van der Waals surface area contributed by atoms with Crippen LogP contribution in [0.4, 0.5) is 17.6 Å². The van der Waals surface area contributed by atoms with Gasteiger partial charge in [0.2, 0.25) is 0 Å². The monoisotopic (exact) mass is 397 g/mol. The lowest BCUT2D eigenvalue weighted by Gasteiger charge is -2.34. The fourth-order valence-electron chi connectivity index (χ4n) is 2.30. The number of halogens is 5. The Morgan fingerprint density at radius 1 is 1.28 bits per heavy atom. The lowest BCUT2D eigenvalue weighted by atomic mass is 9.80. The van der Waals surface area contributed by atoms with Crippen LogP contribution in [0.25, 0.3) is 0 Å². The summed E-state index contributed by atoms with van der Waals surface area (Å²) in [6, 6.07) is 6.21. The molecule has 0 spiro atoms. The molecule has 0 saturated heterocycles. The van der Waals surface area contributed by atoms with Gasteiger partial charge in [-0.05, 0) is 23.6 Å². The molecule has 1 aromatic carbocycles. The van der Waals surface area contributed by atoms with E-state index >= 15 is 0 Å². The zero-order valence-corrected chi connectivity index (χ0v) is 14.7. The van der Waals surface area contributed by atoms with Crippen LogP contribution in [0.2, 0.25) is 5.02 Å². The summed E-state index contributed by atoms with van der Waals surface area (Å²) in [7, 11) is 0. The molecule has 2 atom stereocenters. The highest BCUT2D eigenvalue weighted by Gasteiger charge is 2.44. The second kappa shape index (κ2) is 7.92. The second-order valence-electron chi connectivity index (χ2n) is 5.60. The van der Waals surface area contributed by atoms with Gasteiger partial charge in [-0.3, -0.25) is 5.10 Å². The van der Waals surface area contributed by atoms with Crippen molar-refractivity contribution >= 4 is 23.4 Å². The van der Waals surface area contributed by atoms with Crippen molar-refractivity contribution in [2.24, 2.45) is 5.92 Å². The minimum Gasteiger partial charge on any atom is -0.384 e. The Kier molecular flexibility index (Phi) is 6.34. The first-order valence-electron chi connectivity index (χ1n) is 7.28. The number of thioether (sulfide) groups is 1. The van der Waals surface area contributed by atoms with Crippen LogP contribution >= 0.6 is 23.4 Å². The molecule has 0 amide bonds. The fraction of sp³-hybridized carbons (Fsp3) is 0.467. The third-order valence-electron chi connectivity index (χ3n) is 3.83. The summed E-state index contributed by atoms with van der Waals surface area (Å²) in [5, 5.41) is 13.8. The van der Waals surface area contributed by atoms with Crippen molar-refractivity contribution in [1.29, 1.82) is 0 Å². The Balaban J connectivity index is 2.25. The number of aromatic amines is 1. The predicted molar refractivity (Wildman–Crippen MR) is 88.0 cm³/mol. The van der Waals surface area contributed by atoms with Crippen molar-refractivity contribution in [1.82, 2.24) is 15.2 Å². The molecule has 0 radical (unpaired) electrons. The Hall–Kier alpha value is -1.32. The van der Waals surface area contributed by atoms with Crippen LogP contribution in [-0.4, -0.2) is 37.7 Å². The third kappa shape index (κ3) is 4.86. The summed E-state index contributed by atoms with van der Waals surface area (Å²) < 4.78 is 51.1.